The van der Waals surface area contributed by atoms with Crippen molar-refractivity contribution < 1.29 is 13.5 Å². The topological polar surface area (TPSA) is 79.3 Å². The van der Waals surface area contributed by atoms with E-state index in [1.807, 2.05) is 6.92 Å². The van der Waals surface area contributed by atoms with Crippen molar-refractivity contribution >= 4 is 20.9 Å². The third kappa shape index (κ3) is 3.33. The summed E-state index contributed by atoms with van der Waals surface area (Å²) in [6.45, 7) is 2.07. The maximum absolute atomic E-state index is 12.3. The normalized spacial score (nSPS) is 13.5. The molecule has 0 amide bonds. The van der Waals surface area contributed by atoms with Crippen LogP contribution in [0.25, 0.3) is 10.9 Å². The molecule has 2 rings (SSSR count). The minimum Gasteiger partial charge on any atom is -0.393 e. The average Bonchev–Trinajstić information content (AvgIpc) is 2.46. The molecule has 6 heteroatoms. The predicted octanol–water partition coefficient (Wildman–Crippen LogP) is 1.67. The second-order valence-corrected chi connectivity index (χ2v) is 6.31. The highest BCUT2D eigenvalue weighted by Gasteiger charge is 2.17. The molecule has 2 N–H and O–H groups in total. The SMILES string of the molecule is CCC(O)CCNS(=O)(=O)c1cccc2ncccc12. The van der Waals surface area contributed by atoms with Gasteiger partial charge in [0.15, 0.2) is 0 Å². The second-order valence-electron chi connectivity index (χ2n) is 4.57. The molecule has 0 saturated carbocycles. The van der Waals surface area contributed by atoms with E-state index in [1.54, 1.807) is 36.5 Å². The van der Waals surface area contributed by atoms with Crippen molar-refractivity contribution in [3.8, 4) is 0 Å². The lowest BCUT2D eigenvalue weighted by Gasteiger charge is -2.11. The largest absolute Gasteiger partial charge is 0.393 e. The van der Waals surface area contributed by atoms with Crippen LogP contribution in [0.1, 0.15) is 19.8 Å². The molecule has 0 aliphatic rings. The maximum Gasteiger partial charge on any atom is 0.241 e. The molecule has 0 bridgehead atoms. The van der Waals surface area contributed by atoms with Crippen LogP contribution >= 0.6 is 0 Å². The molecule has 1 atom stereocenters. The predicted molar refractivity (Wildman–Crippen MR) is 77.8 cm³/mol. The monoisotopic (exact) mass is 294 g/mol. The molecule has 1 unspecified atom stereocenters. The van der Waals surface area contributed by atoms with Crippen LogP contribution in [0.3, 0.4) is 0 Å². The quantitative estimate of drug-likeness (QED) is 0.849. The van der Waals surface area contributed by atoms with Gasteiger partial charge in [0.25, 0.3) is 0 Å². The first kappa shape index (κ1) is 14.9. The Morgan fingerprint density at radius 2 is 2.10 bits per heavy atom. The van der Waals surface area contributed by atoms with Gasteiger partial charge < -0.3 is 5.11 Å². The molecule has 2 aromatic rings. The third-order valence-corrected chi connectivity index (χ3v) is 4.66. The van der Waals surface area contributed by atoms with E-state index in [2.05, 4.69) is 9.71 Å². The van der Waals surface area contributed by atoms with Crippen LogP contribution in [0.15, 0.2) is 41.4 Å². The van der Waals surface area contributed by atoms with Crippen molar-refractivity contribution in [3.05, 3.63) is 36.5 Å². The number of aromatic nitrogens is 1. The summed E-state index contributed by atoms with van der Waals surface area (Å²) >= 11 is 0. The summed E-state index contributed by atoms with van der Waals surface area (Å²) in [6, 6.07) is 8.45. The summed E-state index contributed by atoms with van der Waals surface area (Å²) in [5.74, 6) is 0. The summed E-state index contributed by atoms with van der Waals surface area (Å²) in [7, 11) is -3.59. The van der Waals surface area contributed by atoms with Gasteiger partial charge in [-0.2, -0.15) is 0 Å². The molecule has 0 saturated heterocycles. The zero-order valence-electron chi connectivity index (χ0n) is 11.3. The van der Waals surface area contributed by atoms with Crippen LogP contribution in [0, 0.1) is 0 Å². The fraction of sp³-hybridized carbons (Fsp3) is 0.357. The number of benzene rings is 1. The molecule has 0 aliphatic carbocycles. The van der Waals surface area contributed by atoms with Crippen LogP contribution in [0.2, 0.25) is 0 Å². The summed E-state index contributed by atoms with van der Waals surface area (Å²) in [5, 5.41) is 10.0. The molecule has 5 nitrogen and oxygen atoms in total. The number of sulfonamides is 1. The van der Waals surface area contributed by atoms with E-state index in [4.69, 9.17) is 0 Å². The summed E-state index contributed by atoms with van der Waals surface area (Å²) in [4.78, 5) is 4.36. The molecule has 0 radical (unpaired) electrons. The van der Waals surface area contributed by atoms with Gasteiger partial charge in [-0.05, 0) is 37.1 Å². The number of fused-ring (bicyclic) bond motifs is 1. The van der Waals surface area contributed by atoms with E-state index in [0.717, 1.165) is 0 Å². The Labute approximate surface area is 118 Å². The zero-order valence-corrected chi connectivity index (χ0v) is 12.1. The Kier molecular flexibility index (Phi) is 4.69. The molecule has 1 heterocycles. The molecule has 0 aliphatic heterocycles. The first-order valence-electron chi connectivity index (χ1n) is 6.56. The van der Waals surface area contributed by atoms with Gasteiger partial charge in [0.1, 0.15) is 0 Å². The Morgan fingerprint density at radius 3 is 2.85 bits per heavy atom. The Morgan fingerprint density at radius 1 is 1.30 bits per heavy atom. The minimum absolute atomic E-state index is 0.216. The number of aliphatic hydroxyl groups is 1. The molecule has 20 heavy (non-hydrogen) atoms. The summed E-state index contributed by atoms with van der Waals surface area (Å²) < 4.78 is 27.1. The van der Waals surface area contributed by atoms with Crippen molar-refractivity contribution in [3.63, 3.8) is 0 Å². The van der Waals surface area contributed by atoms with Crippen molar-refractivity contribution in [2.45, 2.75) is 30.8 Å². The van der Waals surface area contributed by atoms with E-state index in [9.17, 15) is 13.5 Å². The Hall–Kier alpha value is -1.50. The van der Waals surface area contributed by atoms with Crippen LogP contribution in [-0.4, -0.2) is 31.2 Å². The highest BCUT2D eigenvalue weighted by atomic mass is 32.2. The summed E-state index contributed by atoms with van der Waals surface area (Å²) in [6.07, 6.45) is 2.16. The third-order valence-electron chi connectivity index (χ3n) is 3.14. The highest BCUT2D eigenvalue weighted by molar-refractivity contribution is 7.89. The van der Waals surface area contributed by atoms with Crippen molar-refractivity contribution in [2.24, 2.45) is 0 Å². The van der Waals surface area contributed by atoms with Crippen molar-refractivity contribution in [1.82, 2.24) is 9.71 Å². The van der Waals surface area contributed by atoms with Crippen LogP contribution in [0.5, 0.6) is 0 Å². The number of pyridine rings is 1. The lowest BCUT2D eigenvalue weighted by molar-refractivity contribution is 0.162. The Balaban J connectivity index is 2.24. The van der Waals surface area contributed by atoms with E-state index < -0.39 is 16.1 Å². The number of hydrogen-bond donors (Lipinski definition) is 2. The summed E-state index contributed by atoms with van der Waals surface area (Å²) in [5.41, 5.74) is 0.643. The van der Waals surface area contributed by atoms with Gasteiger partial charge in [0.05, 0.1) is 16.5 Å². The van der Waals surface area contributed by atoms with Crippen LogP contribution in [-0.2, 0) is 10.0 Å². The maximum atomic E-state index is 12.3. The fourth-order valence-electron chi connectivity index (χ4n) is 1.95. The first-order valence-corrected chi connectivity index (χ1v) is 8.04. The van der Waals surface area contributed by atoms with Crippen LogP contribution in [0.4, 0.5) is 0 Å². The van der Waals surface area contributed by atoms with Gasteiger partial charge in [-0.3, -0.25) is 4.98 Å². The van der Waals surface area contributed by atoms with Gasteiger partial charge >= 0.3 is 0 Å². The average molecular weight is 294 g/mol. The van der Waals surface area contributed by atoms with Gasteiger partial charge in [-0.25, -0.2) is 13.1 Å². The van der Waals surface area contributed by atoms with E-state index >= 15 is 0 Å². The molecule has 1 aromatic carbocycles. The number of rotatable bonds is 6. The Bertz CT molecular complexity index is 680. The fourth-order valence-corrected chi connectivity index (χ4v) is 3.21. The highest BCUT2D eigenvalue weighted by Crippen LogP contribution is 2.20. The molecular formula is C14H18N2O3S. The van der Waals surface area contributed by atoms with Crippen LogP contribution < -0.4 is 4.72 Å². The molecule has 1 aromatic heterocycles. The van der Waals surface area contributed by atoms with E-state index in [1.165, 1.54) is 0 Å². The van der Waals surface area contributed by atoms with Gasteiger partial charge in [0, 0.05) is 18.1 Å². The molecular weight excluding hydrogens is 276 g/mol. The van der Waals surface area contributed by atoms with Gasteiger partial charge in [-0.15, -0.1) is 0 Å². The minimum atomic E-state index is -3.59. The van der Waals surface area contributed by atoms with Crippen molar-refractivity contribution in [2.75, 3.05) is 6.54 Å². The van der Waals surface area contributed by atoms with Crippen molar-refractivity contribution in [1.29, 1.82) is 0 Å². The van der Waals surface area contributed by atoms with Gasteiger partial charge in [0.2, 0.25) is 10.0 Å². The number of nitrogens with zero attached hydrogens (tertiary/aromatic N) is 1. The first-order chi connectivity index (χ1) is 9.54. The lowest BCUT2D eigenvalue weighted by Crippen LogP contribution is -2.27. The zero-order chi connectivity index (χ0) is 14.6. The number of hydrogen-bond acceptors (Lipinski definition) is 4. The molecule has 0 spiro atoms. The molecule has 108 valence electrons. The second kappa shape index (κ2) is 6.30. The molecule has 0 fully saturated rings. The number of nitrogens with one attached hydrogen (secondary N) is 1. The smallest absolute Gasteiger partial charge is 0.241 e. The van der Waals surface area contributed by atoms with E-state index in [0.29, 0.717) is 23.7 Å². The number of aliphatic hydroxyl groups excluding tert-OH is 1. The van der Waals surface area contributed by atoms with E-state index in [-0.39, 0.29) is 11.4 Å². The lowest BCUT2D eigenvalue weighted by atomic mass is 10.2. The van der Waals surface area contributed by atoms with Gasteiger partial charge in [-0.1, -0.05) is 13.0 Å². The standard InChI is InChI=1S/C14H18N2O3S/c1-2-11(17)8-10-16-20(18,19)14-7-3-6-13-12(14)5-4-9-15-13/h3-7,9,11,16-17H,2,8,10H2,1H3.